The molecule has 0 aromatic rings. The van der Waals surface area contributed by atoms with Crippen LogP contribution in [0.2, 0.25) is 0 Å². The van der Waals surface area contributed by atoms with Gasteiger partial charge in [0.05, 0.1) is 0 Å². The summed E-state index contributed by atoms with van der Waals surface area (Å²) in [6.07, 6.45) is 1.58. The number of hydrogen-bond acceptors (Lipinski definition) is 3. The van der Waals surface area contributed by atoms with Crippen LogP contribution >= 0.6 is 0 Å². The number of Topliss-reactive ketones (excluding diaryl/α,β-unsaturated/α-hetero) is 1. The van der Waals surface area contributed by atoms with Crippen LogP contribution in [0.5, 0.6) is 0 Å². The number of esters is 1. The Balaban J connectivity index is 2.78. The summed E-state index contributed by atoms with van der Waals surface area (Å²) in [7, 11) is 0. The quantitative estimate of drug-likeness (QED) is 0.712. The SMILES string of the molecule is CC(=O)OC1CC(C(C)=O)C(C(C)C)CC1C. The average Bonchev–Trinajstić information content (AvgIpc) is 2.19. The van der Waals surface area contributed by atoms with E-state index in [2.05, 4.69) is 20.8 Å². The van der Waals surface area contributed by atoms with Crippen LogP contribution in [0.15, 0.2) is 0 Å². The van der Waals surface area contributed by atoms with Gasteiger partial charge in [-0.3, -0.25) is 9.59 Å². The monoisotopic (exact) mass is 240 g/mol. The Hall–Kier alpha value is -0.860. The van der Waals surface area contributed by atoms with Crippen LogP contribution in [0.4, 0.5) is 0 Å². The molecule has 0 radical (unpaired) electrons. The van der Waals surface area contributed by atoms with Crippen molar-refractivity contribution in [2.45, 2.75) is 53.6 Å². The molecule has 0 saturated heterocycles. The molecule has 0 heterocycles. The minimum absolute atomic E-state index is 0.0514. The van der Waals surface area contributed by atoms with E-state index in [0.29, 0.717) is 24.2 Å². The maximum atomic E-state index is 11.7. The Kier molecular flexibility index (Phi) is 4.72. The Bertz CT molecular complexity index is 296. The number of ether oxygens (including phenoxy) is 1. The van der Waals surface area contributed by atoms with E-state index in [1.54, 1.807) is 6.92 Å². The molecule has 1 aliphatic carbocycles. The van der Waals surface area contributed by atoms with Crippen LogP contribution in [-0.2, 0) is 14.3 Å². The molecule has 0 N–H and O–H groups in total. The molecule has 1 rings (SSSR count). The van der Waals surface area contributed by atoms with Gasteiger partial charge in [-0.15, -0.1) is 0 Å². The summed E-state index contributed by atoms with van der Waals surface area (Å²) in [5.74, 6) is 1.32. The Labute approximate surface area is 104 Å². The van der Waals surface area contributed by atoms with E-state index in [1.165, 1.54) is 6.92 Å². The van der Waals surface area contributed by atoms with Crippen molar-refractivity contribution in [1.82, 2.24) is 0 Å². The Morgan fingerprint density at radius 1 is 1.18 bits per heavy atom. The van der Waals surface area contributed by atoms with E-state index in [0.717, 1.165) is 6.42 Å². The summed E-state index contributed by atoms with van der Waals surface area (Å²) < 4.78 is 5.32. The van der Waals surface area contributed by atoms with Crippen LogP contribution in [0.1, 0.15) is 47.5 Å². The van der Waals surface area contributed by atoms with Crippen molar-refractivity contribution in [3.63, 3.8) is 0 Å². The lowest BCUT2D eigenvalue weighted by Gasteiger charge is -2.40. The first-order valence-corrected chi connectivity index (χ1v) is 6.50. The van der Waals surface area contributed by atoms with Gasteiger partial charge in [0.25, 0.3) is 0 Å². The number of hydrogen-bond donors (Lipinski definition) is 0. The molecule has 0 aliphatic heterocycles. The lowest BCUT2D eigenvalue weighted by Crippen LogP contribution is -2.41. The van der Waals surface area contributed by atoms with E-state index in [9.17, 15) is 9.59 Å². The maximum absolute atomic E-state index is 11.7. The van der Waals surface area contributed by atoms with Crippen molar-refractivity contribution >= 4 is 11.8 Å². The molecule has 1 aliphatic rings. The standard InChI is InChI=1S/C14H24O3/c1-8(2)12-6-9(3)14(17-11(5)16)7-13(12)10(4)15/h8-9,12-14H,6-7H2,1-5H3. The van der Waals surface area contributed by atoms with Crippen molar-refractivity contribution in [3.05, 3.63) is 0 Å². The summed E-state index contributed by atoms with van der Waals surface area (Å²) in [4.78, 5) is 22.8. The third-order valence-electron chi connectivity index (χ3n) is 3.98. The second-order valence-electron chi connectivity index (χ2n) is 5.72. The third kappa shape index (κ3) is 3.55. The highest BCUT2D eigenvalue weighted by atomic mass is 16.5. The fraction of sp³-hybridized carbons (Fsp3) is 0.857. The molecule has 0 spiro atoms. The van der Waals surface area contributed by atoms with Crippen LogP contribution in [0.3, 0.4) is 0 Å². The topological polar surface area (TPSA) is 43.4 Å². The summed E-state index contributed by atoms with van der Waals surface area (Å²) in [6.45, 7) is 9.53. The Morgan fingerprint density at radius 2 is 1.76 bits per heavy atom. The molecule has 4 atom stereocenters. The smallest absolute Gasteiger partial charge is 0.302 e. The molecule has 0 amide bonds. The van der Waals surface area contributed by atoms with Crippen LogP contribution in [-0.4, -0.2) is 17.9 Å². The summed E-state index contributed by atoms with van der Waals surface area (Å²) in [5.41, 5.74) is 0. The van der Waals surface area contributed by atoms with Crippen molar-refractivity contribution in [1.29, 1.82) is 0 Å². The van der Waals surface area contributed by atoms with Gasteiger partial charge in [-0.25, -0.2) is 0 Å². The number of carbonyl (C=O) groups excluding carboxylic acids is 2. The highest BCUT2D eigenvalue weighted by molar-refractivity contribution is 5.79. The van der Waals surface area contributed by atoms with Crippen molar-refractivity contribution in [3.8, 4) is 0 Å². The molecule has 0 bridgehead atoms. The predicted octanol–water partition coefficient (Wildman–Crippen LogP) is 2.83. The molecule has 0 aromatic heterocycles. The van der Waals surface area contributed by atoms with E-state index in [1.807, 2.05) is 0 Å². The maximum Gasteiger partial charge on any atom is 0.302 e. The minimum atomic E-state index is -0.243. The summed E-state index contributed by atoms with van der Waals surface area (Å²) in [6, 6.07) is 0. The van der Waals surface area contributed by atoms with Gasteiger partial charge in [-0.2, -0.15) is 0 Å². The molecular weight excluding hydrogens is 216 g/mol. The zero-order valence-electron chi connectivity index (χ0n) is 11.5. The molecule has 3 nitrogen and oxygen atoms in total. The zero-order valence-corrected chi connectivity index (χ0v) is 11.5. The van der Waals surface area contributed by atoms with E-state index in [-0.39, 0.29) is 23.8 Å². The predicted molar refractivity (Wildman–Crippen MR) is 66.5 cm³/mol. The molecular formula is C14H24O3. The summed E-state index contributed by atoms with van der Waals surface area (Å²) in [5, 5.41) is 0. The fourth-order valence-corrected chi connectivity index (χ4v) is 2.98. The highest BCUT2D eigenvalue weighted by Gasteiger charge is 2.39. The van der Waals surface area contributed by atoms with Crippen molar-refractivity contribution in [2.75, 3.05) is 0 Å². The van der Waals surface area contributed by atoms with Gasteiger partial charge in [0.15, 0.2) is 0 Å². The molecule has 1 fully saturated rings. The van der Waals surface area contributed by atoms with Crippen molar-refractivity contribution in [2.24, 2.45) is 23.7 Å². The van der Waals surface area contributed by atoms with Gasteiger partial charge in [-0.05, 0) is 37.5 Å². The van der Waals surface area contributed by atoms with Gasteiger partial charge >= 0.3 is 5.97 Å². The lowest BCUT2D eigenvalue weighted by molar-refractivity contribution is -0.155. The zero-order chi connectivity index (χ0) is 13.2. The van der Waals surface area contributed by atoms with Gasteiger partial charge in [0.1, 0.15) is 11.9 Å². The van der Waals surface area contributed by atoms with Gasteiger partial charge in [0, 0.05) is 12.8 Å². The van der Waals surface area contributed by atoms with E-state index in [4.69, 9.17) is 4.74 Å². The normalized spacial score (nSPS) is 33.5. The second kappa shape index (κ2) is 5.65. The molecule has 3 heteroatoms. The van der Waals surface area contributed by atoms with E-state index >= 15 is 0 Å². The first-order chi connectivity index (χ1) is 7.82. The van der Waals surface area contributed by atoms with E-state index < -0.39 is 0 Å². The molecule has 4 unspecified atom stereocenters. The molecule has 0 aromatic carbocycles. The van der Waals surface area contributed by atoms with Crippen LogP contribution in [0, 0.1) is 23.7 Å². The first-order valence-electron chi connectivity index (χ1n) is 6.50. The number of carbonyl (C=O) groups is 2. The van der Waals surface area contributed by atoms with Gasteiger partial charge in [-0.1, -0.05) is 20.8 Å². The highest BCUT2D eigenvalue weighted by Crippen LogP contribution is 2.39. The second-order valence-corrected chi connectivity index (χ2v) is 5.72. The minimum Gasteiger partial charge on any atom is -0.462 e. The first kappa shape index (κ1) is 14.2. The molecule has 98 valence electrons. The largest absolute Gasteiger partial charge is 0.462 e. The summed E-state index contributed by atoms with van der Waals surface area (Å²) >= 11 is 0. The average molecular weight is 240 g/mol. The number of ketones is 1. The number of rotatable bonds is 3. The third-order valence-corrected chi connectivity index (χ3v) is 3.98. The van der Waals surface area contributed by atoms with Gasteiger partial charge in [0.2, 0.25) is 0 Å². The molecule has 1 saturated carbocycles. The van der Waals surface area contributed by atoms with Crippen LogP contribution < -0.4 is 0 Å². The Morgan fingerprint density at radius 3 is 2.18 bits per heavy atom. The van der Waals surface area contributed by atoms with Crippen molar-refractivity contribution < 1.29 is 14.3 Å². The molecule has 17 heavy (non-hydrogen) atoms. The van der Waals surface area contributed by atoms with Gasteiger partial charge < -0.3 is 4.74 Å². The fourth-order valence-electron chi connectivity index (χ4n) is 2.98. The lowest BCUT2D eigenvalue weighted by atomic mass is 9.67. The van der Waals surface area contributed by atoms with Crippen LogP contribution in [0.25, 0.3) is 0 Å².